The second-order valence-electron chi connectivity index (χ2n) is 11.7. The minimum absolute atomic E-state index is 0.126. The third-order valence-electron chi connectivity index (χ3n) is 6.70. The Hall–Kier alpha value is -4.57. The van der Waals surface area contributed by atoms with Gasteiger partial charge >= 0.3 is 6.09 Å². The van der Waals surface area contributed by atoms with Gasteiger partial charge in [0.05, 0.1) is 30.1 Å². The van der Waals surface area contributed by atoms with Gasteiger partial charge in [0.15, 0.2) is 11.5 Å². The molecular weight excluding hydrogens is 524 g/mol. The minimum atomic E-state index is -1.02. The highest BCUT2D eigenvalue weighted by atomic mass is 16.6. The number of carbonyl (C=O) groups is 1. The Morgan fingerprint density at radius 3 is 2.63 bits per heavy atom. The fraction of sp³-hybridized carbons (Fsp3) is 0.464. The summed E-state index contributed by atoms with van der Waals surface area (Å²) in [6, 6.07) is 5.83. The maximum atomic E-state index is 12.4. The van der Waals surface area contributed by atoms with Gasteiger partial charge in [-0.2, -0.15) is 15.0 Å². The zero-order chi connectivity index (χ0) is 29.4. The molecule has 2 N–H and O–H groups in total. The number of ether oxygens (including phenoxy) is 1. The monoisotopic (exact) mass is 558 g/mol. The molecule has 4 aromatic heterocycles. The number of amides is 1. The van der Waals surface area contributed by atoms with E-state index in [0.29, 0.717) is 48.7 Å². The molecule has 0 saturated carbocycles. The summed E-state index contributed by atoms with van der Waals surface area (Å²) < 4.78 is 8.72. The molecule has 5 rings (SSSR count). The molecule has 0 radical (unpaired) electrons. The zero-order valence-corrected chi connectivity index (χ0v) is 23.9. The van der Waals surface area contributed by atoms with Crippen molar-refractivity contribution in [2.45, 2.75) is 71.2 Å². The van der Waals surface area contributed by atoms with Gasteiger partial charge in [0.25, 0.3) is 0 Å². The predicted octanol–water partition coefficient (Wildman–Crippen LogP) is 3.53. The van der Waals surface area contributed by atoms with Gasteiger partial charge in [-0.05, 0) is 53.5 Å². The molecule has 1 aliphatic rings. The van der Waals surface area contributed by atoms with E-state index in [1.165, 1.54) is 6.20 Å². The average molecular weight is 559 g/mol. The van der Waals surface area contributed by atoms with Crippen LogP contribution in [-0.2, 0) is 11.3 Å². The Morgan fingerprint density at radius 1 is 1.20 bits per heavy atom. The summed E-state index contributed by atoms with van der Waals surface area (Å²) in [5, 5.41) is 37.7. The van der Waals surface area contributed by atoms with Crippen LogP contribution in [0.3, 0.4) is 0 Å². The molecule has 0 atom stereocenters. The first kappa shape index (κ1) is 28.0. The van der Waals surface area contributed by atoms with Crippen LogP contribution in [0.1, 0.15) is 53.0 Å². The molecular formula is C28H34N10O3. The van der Waals surface area contributed by atoms with Gasteiger partial charge in [-0.3, -0.25) is 0 Å². The SMILES string of the molecule is CC(C)Nc1cc(-n2ncc3cc(C#N)cnc32)ncc1-c1cn(CC2(O)CCN(C(=O)OC(C)(C)C)CC2)nn1. The summed E-state index contributed by atoms with van der Waals surface area (Å²) in [6.07, 6.45) is 7.10. The molecule has 0 aromatic carbocycles. The molecule has 41 heavy (non-hydrogen) atoms. The number of aromatic nitrogens is 7. The lowest BCUT2D eigenvalue weighted by Gasteiger charge is -2.38. The number of aliphatic hydroxyl groups is 1. The summed E-state index contributed by atoms with van der Waals surface area (Å²) in [5.74, 6) is 0.558. The highest BCUT2D eigenvalue weighted by Crippen LogP contribution is 2.30. The van der Waals surface area contributed by atoms with Gasteiger partial charge in [-0.1, -0.05) is 5.21 Å². The van der Waals surface area contributed by atoms with Gasteiger partial charge in [-0.25, -0.2) is 19.4 Å². The Balaban J connectivity index is 1.34. The van der Waals surface area contributed by atoms with E-state index in [1.807, 2.05) is 40.7 Å². The molecule has 1 aliphatic heterocycles. The zero-order valence-electron chi connectivity index (χ0n) is 23.9. The Kier molecular flexibility index (Phi) is 7.35. The molecule has 13 heteroatoms. The highest BCUT2D eigenvalue weighted by Gasteiger charge is 2.36. The molecule has 5 heterocycles. The molecule has 0 spiro atoms. The van der Waals surface area contributed by atoms with Crippen LogP contribution < -0.4 is 5.32 Å². The second kappa shape index (κ2) is 10.8. The lowest BCUT2D eigenvalue weighted by Crippen LogP contribution is -2.49. The molecule has 1 fully saturated rings. The Morgan fingerprint density at radius 2 is 1.95 bits per heavy atom. The number of nitriles is 1. The smallest absolute Gasteiger partial charge is 0.410 e. The van der Waals surface area contributed by atoms with E-state index in [1.54, 1.807) is 38.9 Å². The largest absolute Gasteiger partial charge is 0.444 e. The van der Waals surface area contributed by atoms with Crippen molar-refractivity contribution in [2.24, 2.45) is 0 Å². The van der Waals surface area contributed by atoms with Crippen molar-refractivity contribution in [1.82, 2.24) is 39.6 Å². The van der Waals surface area contributed by atoms with Crippen LogP contribution in [0.15, 0.2) is 36.9 Å². The number of hydrogen-bond donors (Lipinski definition) is 2. The van der Waals surface area contributed by atoms with Crippen molar-refractivity contribution in [2.75, 3.05) is 18.4 Å². The number of anilines is 1. The normalized spacial score (nSPS) is 15.2. The molecule has 13 nitrogen and oxygen atoms in total. The molecule has 1 amide bonds. The Bertz CT molecular complexity index is 1600. The maximum Gasteiger partial charge on any atom is 0.410 e. The quantitative estimate of drug-likeness (QED) is 0.358. The van der Waals surface area contributed by atoms with Crippen LogP contribution in [0.2, 0.25) is 0 Å². The van der Waals surface area contributed by atoms with E-state index in [2.05, 4.69) is 36.8 Å². The first-order chi connectivity index (χ1) is 19.4. The van der Waals surface area contributed by atoms with E-state index in [4.69, 9.17) is 10.00 Å². The molecule has 0 aliphatic carbocycles. The number of carbonyl (C=O) groups excluding carboxylic acids is 1. The number of hydrogen-bond acceptors (Lipinski definition) is 10. The highest BCUT2D eigenvalue weighted by molar-refractivity contribution is 5.79. The van der Waals surface area contributed by atoms with E-state index < -0.39 is 11.2 Å². The van der Waals surface area contributed by atoms with Crippen LogP contribution in [0, 0.1) is 11.3 Å². The lowest BCUT2D eigenvalue weighted by molar-refractivity contribution is -0.0434. The van der Waals surface area contributed by atoms with Gasteiger partial charge in [0.2, 0.25) is 0 Å². The van der Waals surface area contributed by atoms with Crippen molar-refractivity contribution < 1.29 is 14.6 Å². The van der Waals surface area contributed by atoms with E-state index >= 15 is 0 Å². The number of fused-ring (bicyclic) bond motifs is 1. The summed E-state index contributed by atoms with van der Waals surface area (Å²) in [5.41, 5.74) is 1.60. The average Bonchev–Trinajstić information content (AvgIpc) is 3.54. The van der Waals surface area contributed by atoms with Gasteiger partial charge < -0.3 is 20.1 Å². The van der Waals surface area contributed by atoms with E-state index in [9.17, 15) is 9.90 Å². The van der Waals surface area contributed by atoms with Gasteiger partial charge in [0.1, 0.15) is 17.4 Å². The van der Waals surface area contributed by atoms with Crippen molar-refractivity contribution >= 4 is 22.8 Å². The lowest BCUT2D eigenvalue weighted by atomic mass is 9.91. The fourth-order valence-corrected chi connectivity index (χ4v) is 4.74. The number of nitrogens with zero attached hydrogens (tertiary/aromatic N) is 9. The predicted molar refractivity (Wildman–Crippen MR) is 151 cm³/mol. The first-order valence-electron chi connectivity index (χ1n) is 13.5. The number of rotatable bonds is 6. The van der Waals surface area contributed by atoms with Gasteiger partial charge in [-0.15, -0.1) is 5.10 Å². The summed E-state index contributed by atoms with van der Waals surface area (Å²) in [4.78, 5) is 23.1. The standard InChI is InChI=1S/C28H34N10O3/c1-18(2)33-22-11-24(38-25-20(14-32-38)10-19(12-29)13-31-25)30-15-21(22)23-16-37(35-34-23)17-28(40)6-8-36(9-7-28)26(39)41-27(3,4)5/h10-11,13-16,18,40H,6-9,17H2,1-5H3,(H,30,33). The number of nitrogens with one attached hydrogen (secondary N) is 1. The third-order valence-corrected chi connectivity index (χ3v) is 6.70. The number of piperidine rings is 1. The first-order valence-corrected chi connectivity index (χ1v) is 13.5. The molecule has 214 valence electrons. The maximum absolute atomic E-state index is 12.4. The number of pyridine rings is 2. The third kappa shape index (κ3) is 6.28. The fourth-order valence-electron chi connectivity index (χ4n) is 4.74. The van der Waals surface area contributed by atoms with Crippen LogP contribution in [0.25, 0.3) is 28.1 Å². The van der Waals surface area contributed by atoms with Crippen molar-refractivity contribution in [3.63, 3.8) is 0 Å². The van der Waals surface area contributed by atoms with Crippen LogP contribution >= 0.6 is 0 Å². The van der Waals surface area contributed by atoms with E-state index in [0.717, 1.165) is 16.6 Å². The molecule has 1 saturated heterocycles. The summed E-state index contributed by atoms with van der Waals surface area (Å²) in [6.45, 7) is 10.6. The van der Waals surface area contributed by atoms with Crippen molar-refractivity contribution in [3.8, 4) is 23.1 Å². The van der Waals surface area contributed by atoms with Crippen LogP contribution in [0.5, 0.6) is 0 Å². The molecule has 0 bridgehead atoms. The molecule has 4 aromatic rings. The summed E-state index contributed by atoms with van der Waals surface area (Å²) >= 11 is 0. The summed E-state index contributed by atoms with van der Waals surface area (Å²) in [7, 11) is 0. The van der Waals surface area contributed by atoms with Crippen LogP contribution in [-0.4, -0.2) is 81.2 Å². The van der Waals surface area contributed by atoms with Gasteiger partial charge in [0, 0.05) is 54.2 Å². The van der Waals surface area contributed by atoms with E-state index in [-0.39, 0.29) is 18.7 Å². The number of likely N-dealkylation sites (tertiary alicyclic amines) is 1. The molecule has 0 unspecified atom stereocenters. The van der Waals surface area contributed by atoms with Crippen molar-refractivity contribution in [3.05, 3.63) is 42.5 Å². The van der Waals surface area contributed by atoms with Crippen LogP contribution in [0.4, 0.5) is 10.5 Å². The Labute approximate surface area is 237 Å². The second-order valence-corrected chi connectivity index (χ2v) is 11.7. The minimum Gasteiger partial charge on any atom is -0.444 e. The topological polar surface area (TPSA) is 160 Å². The van der Waals surface area contributed by atoms with Crippen molar-refractivity contribution in [1.29, 1.82) is 5.26 Å².